The lowest BCUT2D eigenvalue weighted by molar-refractivity contribution is -0.147. The third-order valence-electron chi connectivity index (χ3n) is 6.91. The summed E-state index contributed by atoms with van der Waals surface area (Å²) in [5.41, 5.74) is 13.8. The number of Topliss-reactive ketones (excluding diaryl/α,β-unsaturated/α-hetero) is 1. The molecule has 16 heteroatoms. The Hall–Kier alpha value is -3.24. The molecule has 252 valence electrons. The molecule has 0 bridgehead atoms. The molecule has 0 heterocycles. The number of carbonyl (C=O) groups is 7. The predicted molar refractivity (Wildman–Crippen MR) is 165 cm³/mol. The number of unbranched alkanes of at least 4 members (excludes halogenated alkanes) is 8. The van der Waals surface area contributed by atoms with E-state index in [4.69, 9.17) is 17.2 Å². The summed E-state index contributed by atoms with van der Waals surface area (Å²) in [7, 11) is 0. The second-order valence-corrected chi connectivity index (χ2v) is 11.8. The molecule has 44 heavy (non-hydrogen) atoms. The number of carboxylic acid groups (broad SMARTS) is 2. The van der Waals surface area contributed by atoms with E-state index in [1.165, 1.54) is 39.0 Å². The number of ketones is 1. The third kappa shape index (κ3) is 16.6. The van der Waals surface area contributed by atoms with Crippen LogP contribution < -0.4 is 33.2 Å². The molecular weight excluding hydrogens is 596 g/mol. The first-order chi connectivity index (χ1) is 20.7. The van der Waals surface area contributed by atoms with E-state index in [0.29, 0.717) is 6.42 Å². The van der Waals surface area contributed by atoms with Crippen LogP contribution in [0.1, 0.15) is 90.9 Å². The van der Waals surface area contributed by atoms with Crippen LogP contribution in [-0.2, 0) is 33.6 Å². The van der Waals surface area contributed by atoms with Crippen molar-refractivity contribution >= 4 is 53.1 Å². The van der Waals surface area contributed by atoms with Gasteiger partial charge in [-0.2, -0.15) is 11.8 Å². The molecule has 0 radical (unpaired) electrons. The minimum atomic E-state index is -2.45. The Morgan fingerprint density at radius 1 is 0.795 bits per heavy atom. The zero-order valence-electron chi connectivity index (χ0n) is 25.7. The lowest BCUT2D eigenvalue weighted by Gasteiger charge is -2.25. The van der Waals surface area contributed by atoms with Gasteiger partial charge in [0.15, 0.2) is 11.3 Å². The summed E-state index contributed by atoms with van der Waals surface area (Å²) in [5.74, 6) is -7.58. The quantitative estimate of drug-likeness (QED) is 0.0447. The SMILES string of the molecule is CCCCCCCCCCCC(=O)N[C@@H](C)C(=O)N[C@H](CCC(=O)C(N)(CSCC(NC(=O)CN)C(N)=O)C(=O)O)C(=O)O. The van der Waals surface area contributed by atoms with Gasteiger partial charge in [-0.15, -0.1) is 0 Å². The van der Waals surface area contributed by atoms with Crippen molar-refractivity contribution < 1.29 is 43.8 Å². The smallest absolute Gasteiger partial charge is 0.332 e. The van der Waals surface area contributed by atoms with Gasteiger partial charge in [0.25, 0.3) is 0 Å². The molecule has 0 aromatic rings. The minimum Gasteiger partial charge on any atom is -0.480 e. The van der Waals surface area contributed by atoms with E-state index in [0.717, 1.165) is 31.0 Å². The van der Waals surface area contributed by atoms with Gasteiger partial charge in [0.2, 0.25) is 23.6 Å². The molecule has 0 fully saturated rings. The van der Waals surface area contributed by atoms with Crippen molar-refractivity contribution in [2.45, 2.75) is 115 Å². The molecular formula is C28H50N6O9S. The minimum absolute atomic E-state index is 0.197. The maximum Gasteiger partial charge on any atom is 0.332 e. The Kier molecular flexibility index (Phi) is 20.7. The monoisotopic (exact) mass is 646 g/mol. The number of aliphatic carboxylic acids is 2. The first-order valence-corrected chi connectivity index (χ1v) is 16.1. The Morgan fingerprint density at radius 3 is 1.86 bits per heavy atom. The molecule has 0 aliphatic rings. The highest BCUT2D eigenvalue weighted by Crippen LogP contribution is 2.18. The first kappa shape index (κ1) is 40.8. The lowest BCUT2D eigenvalue weighted by atomic mass is 9.93. The van der Waals surface area contributed by atoms with Crippen LogP contribution >= 0.6 is 11.8 Å². The number of primary amides is 1. The molecule has 2 unspecified atom stereocenters. The lowest BCUT2D eigenvalue weighted by Crippen LogP contribution is -2.58. The van der Waals surface area contributed by atoms with Crippen LogP contribution in [-0.4, -0.2) is 93.3 Å². The molecule has 0 aliphatic heterocycles. The molecule has 0 spiro atoms. The van der Waals surface area contributed by atoms with E-state index in [1.54, 1.807) is 0 Å². The summed E-state index contributed by atoms with van der Waals surface area (Å²) >= 11 is 0.770. The van der Waals surface area contributed by atoms with Crippen LogP contribution in [0.15, 0.2) is 0 Å². The fourth-order valence-corrected chi connectivity index (χ4v) is 5.28. The standard InChI is InChI=1S/C28H50N6O9S/c1-3-4-5-6-7-8-9-10-11-12-22(36)32-18(2)25(39)34-19(26(40)41)13-14-21(35)28(31,27(42)43)17-44-16-20(24(30)38)33-23(37)15-29/h18-20H,3-17,29,31H2,1-2H3,(H2,30,38)(H,32,36)(H,33,37)(H,34,39)(H,40,41)(H,42,43)/t18-,19+,20?,28?/m0/s1. The molecule has 0 saturated carbocycles. The second kappa shape index (κ2) is 22.3. The number of amides is 4. The Balaban J connectivity index is 4.82. The summed E-state index contributed by atoms with van der Waals surface area (Å²) in [6.07, 6.45) is 8.95. The summed E-state index contributed by atoms with van der Waals surface area (Å²) in [5, 5.41) is 26.2. The topological polar surface area (TPSA) is 274 Å². The van der Waals surface area contributed by atoms with Crippen molar-refractivity contribution in [1.29, 1.82) is 0 Å². The van der Waals surface area contributed by atoms with Crippen molar-refractivity contribution in [2.75, 3.05) is 18.1 Å². The normalized spacial score (nSPS) is 14.4. The summed E-state index contributed by atoms with van der Waals surface area (Å²) in [6.45, 7) is 3.16. The zero-order valence-corrected chi connectivity index (χ0v) is 26.5. The number of thioether (sulfide) groups is 1. The maximum atomic E-state index is 12.8. The van der Waals surface area contributed by atoms with Crippen LogP contribution in [0.3, 0.4) is 0 Å². The van der Waals surface area contributed by atoms with Gasteiger partial charge >= 0.3 is 11.9 Å². The van der Waals surface area contributed by atoms with E-state index >= 15 is 0 Å². The molecule has 0 aromatic heterocycles. The Labute approximate surface area is 262 Å². The second-order valence-electron chi connectivity index (χ2n) is 10.7. The van der Waals surface area contributed by atoms with Crippen molar-refractivity contribution in [1.82, 2.24) is 16.0 Å². The van der Waals surface area contributed by atoms with Gasteiger partial charge in [0, 0.05) is 24.3 Å². The molecule has 0 rings (SSSR count). The fraction of sp³-hybridized carbons (Fsp3) is 0.750. The highest BCUT2D eigenvalue weighted by Gasteiger charge is 2.42. The number of carboxylic acids is 2. The molecule has 4 atom stereocenters. The van der Waals surface area contributed by atoms with Crippen LogP contribution in [0.4, 0.5) is 0 Å². The highest BCUT2D eigenvalue weighted by atomic mass is 32.2. The molecule has 0 aliphatic carbocycles. The molecule has 0 aromatic carbocycles. The third-order valence-corrected chi connectivity index (χ3v) is 8.14. The maximum absolute atomic E-state index is 12.8. The molecule has 11 N–H and O–H groups in total. The summed E-state index contributed by atoms with van der Waals surface area (Å²) < 4.78 is 0. The number of nitrogens with one attached hydrogen (secondary N) is 3. The Morgan fingerprint density at radius 2 is 1.36 bits per heavy atom. The predicted octanol–water partition coefficient (Wildman–Crippen LogP) is -0.225. The van der Waals surface area contributed by atoms with Gasteiger partial charge in [-0.25, -0.2) is 9.59 Å². The highest BCUT2D eigenvalue weighted by molar-refractivity contribution is 7.99. The van der Waals surface area contributed by atoms with E-state index in [-0.39, 0.29) is 18.1 Å². The van der Waals surface area contributed by atoms with Crippen molar-refractivity contribution in [3.05, 3.63) is 0 Å². The van der Waals surface area contributed by atoms with Gasteiger partial charge in [-0.3, -0.25) is 24.0 Å². The van der Waals surface area contributed by atoms with E-state index < -0.39 is 84.2 Å². The van der Waals surface area contributed by atoms with Gasteiger partial charge in [-0.1, -0.05) is 58.3 Å². The van der Waals surface area contributed by atoms with Crippen molar-refractivity contribution in [3.63, 3.8) is 0 Å². The van der Waals surface area contributed by atoms with Crippen LogP contribution in [0.2, 0.25) is 0 Å². The van der Waals surface area contributed by atoms with E-state index in [9.17, 15) is 43.8 Å². The van der Waals surface area contributed by atoms with Gasteiger partial charge in [-0.05, 0) is 19.8 Å². The average molecular weight is 647 g/mol. The summed E-state index contributed by atoms with van der Waals surface area (Å²) in [4.78, 5) is 84.2. The van der Waals surface area contributed by atoms with Crippen LogP contribution in [0.5, 0.6) is 0 Å². The molecule has 15 nitrogen and oxygen atoms in total. The van der Waals surface area contributed by atoms with Gasteiger partial charge in [0.1, 0.15) is 18.1 Å². The van der Waals surface area contributed by atoms with Crippen LogP contribution in [0, 0.1) is 0 Å². The molecule has 4 amide bonds. The summed E-state index contributed by atoms with van der Waals surface area (Å²) in [6, 6.07) is -3.79. The Bertz CT molecular complexity index is 983. The van der Waals surface area contributed by atoms with Crippen molar-refractivity contribution in [2.24, 2.45) is 17.2 Å². The number of rotatable bonds is 26. The zero-order chi connectivity index (χ0) is 33.7. The van der Waals surface area contributed by atoms with E-state index in [1.807, 2.05) is 0 Å². The number of carbonyl (C=O) groups excluding carboxylic acids is 5. The number of hydrogen-bond acceptors (Lipinski definition) is 10. The van der Waals surface area contributed by atoms with E-state index in [2.05, 4.69) is 22.9 Å². The fourth-order valence-electron chi connectivity index (χ4n) is 4.08. The molecule has 0 saturated heterocycles. The van der Waals surface area contributed by atoms with Gasteiger partial charge < -0.3 is 43.4 Å². The average Bonchev–Trinajstić information content (AvgIpc) is 2.96. The largest absolute Gasteiger partial charge is 0.480 e. The number of nitrogens with two attached hydrogens (primary N) is 3. The number of hydrogen-bond donors (Lipinski definition) is 8. The van der Waals surface area contributed by atoms with Gasteiger partial charge in [0.05, 0.1) is 6.54 Å². The first-order valence-electron chi connectivity index (χ1n) is 14.9. The van der Waals surface area contributed by atoms with Crippen molar-refractivity contribution in [3.8, 4) is 0 Å². The van der Waals surface area contributed by atoms with Crippen LogP contribution in [0.25, 0.3) is 0 Å².